The molecule has 1 N–H and O–H groups in total. The van der Waals surface area contributed by atoms with Crippen LogP contribution in [0.4, 0.5) is 11.4 Å². The quantitative estimate of drug-likeness (QED) is 0.657. The number of thiophene rings is 1. The molecular weight excluding hydrogens is 240 g/mol. The standard InChI is InChI=1S/C11H10N2O3S/c1-6-5-17-9-4-3-8(12-7(2)14)11(10(6)9)13(15)16/h3-5H,1-2H3,(H,12,14). The van der Waals surface area contributed by atoms with Gasteiger partial charge in [-0.1, -0.05) is 0 Å². The molecular formula is C11H10N2O3S. The molecule has 0 aliphatic rings. The van der Waals surface area contributed by atoms with E-state index in [-0.39, 0.29) is 17.3 Å². The number of hydrogen-bond acceptors (Lipinski definition) is 4. The van der Waals surface area contributed by atoms with Crippen LogP contribution in [0, 0.1) is 17.0 Å². The summed E-state index contributed by atoms with van der Waals surface area (Å²) in [6, 6.07) is 3.35. The van der Waals surface area contributed by atoms with Gasteiger partial charge in [0.1, 0.15) is 5.69 Å². The SMILES string of the molecule is CC(=O)Nc1ccc2scc(C)c2c1[N+](=O)[O-]. The summed E-state index contributed by atoms with van der Waals surface area (Å²) in [6.07, 6.45) is 0. The van der Waals surface area contributed by atoms with Crippen molar-refractivity contribution in [1.82, 2.24) is 0 Å². The molecule has 0 spiro atoms. The van der Waals surface area contributed by atoms with Crippen LogP contribution in [-0.2, 0) is 4.79 Å². The third-order valence-corrected chi connectivity index (χ3v) is 3.46. The van der Waals surface area contributed by atoms with Crippen molar-refractivity contribution in [3.05, 3.63) is 33.2 Å². The average molecular weight is 250 g/mol. The number of hydrogen-bond donors (Lipinski definition) is 1. The van der Waals surface area contributed by atoms with E-state index in [1.54, 1.807) is 12.1 Å². The summed E-state index contributed by atoms with van der Waals surface area (Å²) in [6.45, 7) is 3.15. The molecule has 2 aromatic rings. The molecule has 88 valence electrons. The summed E-state index contributed by atoms with van der Waals surface area (Å²) >= 11 is 1.46. The Morgan fingerprint density at radius 3 is 2.76 bits per heavy atom. The lowest BCUT2D eigenvalue weighted by molar-refractivity contribution is -0.382. The zero-order chi connectivity index (χ0) is 12.6. The molecule has 1 aromatic heterocycles. The second-order valence-corrected chi connectivity index (χ2v) is 4.60. The number of rotatable bonds is 2. The average Bonchev–Trinajstić information content (AvgIpc) is 2.59. The van der Waals surface area contributed by atoms with E-state index in [4.69, 9.17) is 0 Å². The Hall–Kier alpha value is -1.95. The zero-order valence-corrected chi connectivity index (χ0v) is 10.1. The van der Waals surface area contributed by atoms with Crippen molar-refractivity contribution in [3.63, 3.8) is 0 Å². The molecule has 6 heteroatoms. The first-order valence-electron chi connectivity index (χ1n) is 4.93. The molecule has 0 atom stereocenters. The van der Waals surface area contributed by atoms with Gasteiger partial charge in [0.15, 0.2) is 0 Å². The van der Waals surface area contributed by atoms with Gasteiger partial charge < -0.3 is 5.32 Å². The molecule has 0 aliphatic heterocycles. The number of carbonyl (C=O) groups is 1. The molecule has 0 unspecified atom stereocenters. The summed E-state index contributed by atoms with van der Waals surface area (Å²) in [4.78, 5) is 21.7. The van der Waals surface area contributed by atoms with Crippen LogP contribution in [0.2, 0.25) is 0 Å². The highest BCUT2D eigenvalue weighted by Gasteiger charge is 2.21. The van der Waals surface area contributed by atoms with Crippen LogP contribution in [0.25, 0.3) is 10.1 Å². The van der Waals surface area contributed by atoms with Gasteiger partial charge in [-0.15, -0.1) is 11.3 Å². The van der Waals surface area contributed by atoms with Crippen molar-refractivity contribution in [2.24, 2.45) is 0 Å². The Morgan fingerprint density at radius 2 is 2.18 bits per heavy atom. The largest absolute Gasteiger partial charge is 0.321 e. The first-order valence-corrected chi connectivity index (χ1v) is 5.81. The van der Waals surface area contributed by atoms with E-state index in [1.807, 2.05) is 12.3 Å². The summed E-state index contributed by atoms with van der Waals surface area (Å²) in [7, 11) is 0. The number of nitro benzene ring substituents is 1. The Morgan fingerprint density at radius 1 is 1.47 bits per heavy atom. The normalized spacial score (nSPS) is 10.5. The first-order chi connectivity index (χ1) is 8.00. The lowest BCUT2D eigenvalue weighted by Crippen LogP contribution is -2.08. The molecule has 5 nitrogen and oxygen atoms in total. The summed E-state index contributed by atoms with van der Waals surface area (Å²) in [5, 5.41) is 16.1. The zero-order valence-electron chi connectivity index (χ0n) is 9.31. The number of nitrogens with zero attached hydrogens (tertiary/aromatic N) is 1. The number of nitro groups is 1. The van der Waals surface area contributed by atoms with Crippen LogP contribution in [0.15, 0.2) is 17.5 Å². The first kappa shape index (κ1) is 11.5. The summed E-state index contributed by atoms with van der Waals surface area (Å²) in [5.41, 5.74) is 1.07. The van der Waals surface area contributed by atoms with Gasteiger partial charge in [0.05, 0.1) is 10.3 Å². The number of anilines is 1. The van der Waals surface area contributed by atoms with Gasteiger partial charge in [-0.2, -0.15) is 0 Å². The van der Waals surface area contributed by atoms with Crippen molar-refractivity contribution < 1.29 is 9.72 Å². The van der Waals surface area contributed by atoms with Gasteiger partial charge in [0.2, 0.25) is 5.91 Å². The maximum atomic E-state index is 11.1. The van der Waals surface area contributed by atoms with Crippen molar-refractivity contribution in [2.75, 3.05) is 5.32 Å². The Labute approximate surface area is 101 Å². The summed E-state index contributed by atoms with van der Waals surface area (Å²) < 4.78 is 0.850. The lowest BCUT2D eigenvalue weighted by atomic mass is 10.1. The van der Waals surface area contributed by atoms with Gasteiger partial charge in [0, 0.05) is 11.6 Å². The van der Waals surface area contributed by atoms with Gasteiger partial charge >= 0.3 is 5.69 Å². The van der Waals surface area contributed by atoms with E-state index in [0.29, 0.717) is 5.39 Å². The Kier molecular flexibility index (Phi) is 2.81. The van der Waals surface area contributed by atoms with E-state index < -0.39 is 4.92 Å². The van der Waals surface area contributed by atoms with Gasteiger partial charge in [-0.05, 0) is 30.0 Å². The fourth-order valence-electron chi connectivity index (χ4n) is 1.74. The van der Waals surface area contributed by atoms with Crippen molar-refractivity contribution in [3.8, 4) is 0 Å². The van der Waals surface area contributed by atoms with Crippen LogP contribution >= 0.6 is 11.3 Å². The fourth-order valence-corrected chi connectivity index (χ4v) is 2.69. The second kappa shape index (κ2) is 4.14. The number of fused-ring (bicyclic) bond motifs is 1. The van der Waals surface area contributed by atoms with Crippen LogP contribution < -0.4 is 5.32 Å². The van der Waals surface area contributed by atoms with Gasteiger partial charge in [-0.25, -0.2) is 0 Å². The molecule has 1 heterocycles. The van der Waals surface area contributed by atoms with E-state index in [0.717, 1.165) is 10.3 Å². The smallest absolute Gasteiger partial charge is 0.301 e. The predicted octanol–water partition coefficient (Wildman–Crippen LogP) is 3.08. The summed E-state index contributed by atoms with van der Waals surface area (Å²) in [5.74, 6) is -0.319. The molecule has 0 saturated heterocycles. The number of benzene rings is 1. The molecule has 1 aromatic carbocycles. The van der Waals surface area contributed by atoms with Crippen LogP contribution in [0.5, 0.6) is 0 Å². The highest BCUT2D eigenvalue weighted by molar-refractivity contribution is 7.17. The molecule has 0 radical (unpaired) electrons. The van der Waals surface area contributed by atoms with Crippen molar-refractivity contribution in [2.45, 2.75) is 13.8 Å². The molecule has 17 heavy (non-hydrogen) atoms. The molecule has 0 fully saturated rings. The predicted molar refractivity (Wildman–Crippen MR) is 67.5 cm³/mol. The Balaban J connectivity index is 2.76. The second-order valence-electron chi connectivity index (χ2n) is 3.69. The van der Waals surface area contributed by atoms with Crippen LogP contribution in [0.1, 0.15) is 12.5 Å². The minimum absolute atomic E-state index is 0.0311. The number of nitrogens with one attached hydrogen (secondary N) is 1. The molecule has 0 saturated carbocycles. The number of carbonyl (C=O) groups excluding carboxylic acids is 1. The Bertz CT molecular complexity index is 618. The lowest BCUT2D eigenvalue weighted by Gasteiger charge is -2.04. The molecule has 0 aliphatic carbocycles. The van der Waals surface area contributed by atoms with E-state index in [2.05, 4.69) is 5.32 Å². The highest BCUT2D eigenvalue weighted by atomic mass is 32.1. The maximum absolute atomic E-state index is 11.1. The molecule has 0 bridgehead atoms. The molecule has 1 amide bonds. The number of aryl methyl sites for hydroxylation is 1. The van der Waals surface area contributed by atoms with E-state index in [9.17, 15) is 14.9 Å². The van der Waals surface area contributed by atoms with Crippen molar-refractivity contribution >= 4 is 38.7 Å². The highest BCUT2D eigenvalue weighted by Crippen LogP contribution is 2.38. The van der Waals surface area contributed by atoms with Gasteiger partial charge in [-0.3, -0.25) is 14.9 Å². The maximum Gasteiger partial charge on any atom is 0.301 e. The monoisotopic (exact) mass is 250 g/mol. The third-order valence-electron chi connectivity index (χ3n) is 2.39. The fraction of sp³-hybridized carbons (Fsp3) is 0.182. The molecule has 2 rings (SSSR count). The number of amides is 1. The topological polar surface area (TPSA) is 72.2 Å². The minimum atomic E-state index is -0.451. The van der Waals surface area contributed by atoms with Gasteiger partial charge in [0.25, 0.3) is 0 Å². The van der Waals surface area contributed by atoms with Crippen LogP contribution in [-0.4, -0.2) is 10.8 Å². The third kappa shape index (κ3) is 1.99. The minimum Gasteiger partial charge on any atom is -0.321 e. The van der Waals surface area contributed by atoms with E-state index >= 15 is 0 Å². The van der Waals surface area contributed by atoms with E-state index in [1.165, 1.54) is 18.3 Å². The van der Waals surface area contributed by atoms with Crippen LogP contribution in [0.3, 0.4) is 0 Å². The van der Waals surface area contributed by atoms with Crippen molar-refractivity contribution in [1.29, 1.82) is 0 Å².